The first-order valence-electron chi connectivity index (χ1n) is 9.63. The van der Waals surface area contributed by atoms with E-state index in [1.165, 1.54) is 24.3 Å². The summed E-state index contributed by atoms with van der Waals surface area (Å²) in [6, 6.07) is 5.68. The molecular weight excluding hydrogens is 953 g/mol. The Bertz CT molecular complexity index is 1310. The van der Waals surface area contributed by atoms with Crippen LogP contribution in [0.3, 0.4) is 0 Å². The van der Waals surface area contributed by atoms with Crippen molar-refractivity contribution in [2.75, 3.05) is 5.75 Å². The third-order valence-electron chi connectivity index (χ3n) is 4.52. The average Bonchev–Trinajstić information content (AvgIpc) is 2.75. The van der Waals surface area contributed by atoms with E-state index in [1.807, 2.05) is 0 Å². The standard InChI is InChI=1S/C20H11Br6F3O9S/c1-19(16(30)36-13(20(27,28)29)6-39(33,34)35,17(31)37-14-9(23)2-7(21)3-10(14)24)18(32)38-15-11(25)4-8(22)5-12(15)26/h2-5,13H,6H2,1H3,(H,33,34,35). The van der Waals surface area contributed by atoms with E-state index in [2.05, 4.69) is 100 Å². The fourth-order valence-corrected chi connectivity index (χ4v) is 8.01. The molecule has 9 nitrogen and oxygen atoms in total. The van der Waals surface area contributed by atoms with Crippen molar-refractivity contribution < 1.29 is 54.7 Å². The Hall–Kier alpha value is -0.570. The lowest BCUT2D eigenvalue weighted by Gasteiger charge is -2.27. The number of ether oxygens (including phenoxy) is 3. The summed E-state index contributed by atoms with van der Waals surface area (Å²) < 4.78 is 87.7. The summed E-state index contributed by atoms with van der Waals surface area (Å²) in [5.74, 6) is -8.29. The molecular formula is C20H11Br6F3O9S. The minimum Gasteiger partial charge on any atom is -0.450 e. The number of alkyl halides is 3. The van der Waals surface area contributed by atoms with Gasteiger partial charge >= 0.3 is 24.1 Å². The van der Waals surface area contributed by atoms with Gasteiger partial charge in [-0.1, -0.05) is 31.9 Å². The van der Waals surface area contributed by atoms with E-state index >= 15 is 0 Å². The van der Waals surface area contributed by atoms with Gasteiger partial charge in [0.1, 0.15) is 5.75 Å². The fraction of sp³-hybridized carbons (Fsp3) is 0.250. The molecule has 0 heterocycles. The summed E-state index contributed by atoms with van der Waals surface area (Å²) >= 11 is 18.8. The number of esters is 3. The highest BCUT2D eigenvalue weighted by atomic mass is 79.9. The predicted octanol–water partition coefficient (Wildman–Crippen LogP) is 7.14. The van der Waals surface area contributed by atoms with Gasteiger partial charge < -0.3 is 14.2 Å². The maximum absolute atomic E-state index is 13.5. The van der Waals surface area contributed by atoms with E-state index in [0.29, 0.717) is 15.9 Å². The van der Waals surface area contributed by atoms with Gasteiger partial charge in [0.2, 0.25) is 6.10 Å². The van der Waals surface area contributed by atoms with E-state index in [1.54, 1.807) is 0 Å². The molecule has 0 fully saturated rings. The van der Waals surface area contributed by atoms with Crippen LogP contribution < -0.4 is 9.47 Å². The number of hydrogen-bond donors (Lipinski definition) is 1. The second kappa shape index (κ2) is 13.2. The van der Waals surface area contributed by atoms with Gasteiger partial charge in [0.05, 0.1) is 17.9 Å². The van der Waals surface area contributed by atoms with Gasteiger partial charge in [0.25, 0.3) is 15.5 Å². The van der Waals surface area contributed by atoms with Gasteiger partial charge in [-0.15, -0.1) is 0 Å². The molecule has 0 aliphatic rings. The minimum atomic E-state index is -5.52. The zero-order valence-electron chi connectivity index (χ0n) is 18.6. The number of benzene rings is 2. The Morgan fingerprint density at radius 1 is 0.795 bits per heavy atom. The van der Waals surface area contributed by atoms with Crippen LogP contribution in [0, 0.1) is 5.41 Å². The molecule has 0 radical (unpaired) electrons. The summed E-state index contributed by atoms with van der Waals surface area (Å²) in [7, 11) is -5.33. The van der Waals surface area contributed by atoms with Gasteiger partial charge in [-0.05, 0) is 94.9 Å². The van der Waals surface area contributed by atoms with Crippen LogP contribution >= 0.6 is 95.6 Å². The molecule has 0 aromatic heterocycles. The molecule has 1 atom stereocenters. The maximum atomic E-state index is 13.5. The molecule has 1 N–H and O–H groups in total. The van der Waals surface area contributed by atoms with Gasteiger partial charge in [-0.3, -0.25) is 9.35 Å². The summed E-state index contributed by atoms with van der Waals surface area (Å²) in [5, 5.41) is 0. The molecule has 2 aromatic rings. The Balaban J connectivity index is 2.60. The molecule has 0 aliphatic heterocycles. The summed E-state index contributed by atoms with van der Waals surface area (Å²) in [6.07, 6.45) is -8.97. The van der Waals surface area contributed by atoms with E-state index < -0.39 is 51.5 Å². The largest absolute Gasteiger partial charge is 0.450 e. The maximum Gasteiger partial charge on any atom is 0.426 e. The van der Waals surface area contributed by atoms with Crippen molar-refractivity contribution in [2.45, 2.75) is 19.2 Å². The smallest absolute Gasteiger partial charge is 0.426 e. The van der Waals surface area contributed by atoms with Crippen LogP contribution in [0.2, 0.25) is 0 Å². The van der Waals surface area contributed by atoms with Crippen LogP contribution in [0.4, 0.5) is 13.2 Å². The van der Waals surface area contributed by atoms with Crippen LogP contribution in [0.25, 0.3) is 0 Å². The van der Waals surface area contributed by atoms with Gasteiger partial charge in [-0.25, -0.2) is 9.59 Å². The molecule has 0 saturated heterocycles. The van der Waals surface area contributed by atoms with Gasteiger partial charge in [0.15, 0.2) is 11.5 Å². The molecule has 1 unspecified atom stereocenters. The number of rotatable bonds is 8. The average molecular weight is 964 g/mol. The van der Waals surface area contributed by atoms with Gasteiger partial charge in [0, 0.05) is 8.95 Å². The Morgan fingerprint density at radius 3 is 1.41 bits per heavy atom. The van der Waals surface area contributed by atoms with Crippen molar-refractivity contribution in [1.82, 2.24) is 0 Å². The van der Waals surface area contributed by atoms with Crippen LogP contribution in [0.1, 0.15) is 6.92 Å². The van der Waals surface area contributed by atoms with Crippen molar-refractivity contribution in [3.8, 4) is 11.5 Å². The van der Waals surface area contributed by atoms with E-state index in [0.717, 1.165) is 0 Å². The van der Waals surface area contributed by atoms with E-state index in [-0.39, 0.29) is 29.4 Å². The zero-order chi connectivity index (χ0) is 30.1. The molecule has 2 rings (SSSR count). The lowest BCUT2D eigenvalue weighted by molar-refractivity contribution is -0.222. The Kier molecular flexibility index (Phi) is 11.7. The molecule has 214 valence electrons. The third kappa shape index (κ3) is 8.96. The first kappa shape index (κ1) is 34.6. The Labute approximate surface area is 269 Å². The van der Waals surface area contributed by atoms with Crippen molar-refractivity contribution in [2.24, 2.45) is 5.41 Å². The normalized spacial score (nSPS) is 13.0. The monoisotopic (exact) mass is 958 g/mol. The Morgan fingerprint density at radius 2 is 1.13 bits per heavy atom. The second-order valence-corrected chi connectivity index (χ2v) is 14.2. The predicted molar refractivity (Wildman–Crippen MR) is 151 cm³/mol. The molecule has 0 saturated carbocycles. The number of carbonyl (C=O) groups is 3. The van der Waals surface area contributed by atoms with Crippen LogP contribution in [-0.2, 0) is 29.2 Å². The van der Waals surface area contributed by atoms with Crippen LogP contribution in [-0.4, -0.2) is 48.9 Å². The number of hydrogen-bond acceptors (Lipinski definition) is 8. The lowest BCUT2D eigenvalue weighted by Crippen LogP contribution is -2.52. The highest BCUT2D eigenvalue weighted by Crippen LogP contribution is 2.41. The molecule has 19 heteroatoms. The topological polar surface area (TPSA) is 133 Å². The third-order valence-corrected chi connectivity index (χ3v) is 8.51. The summed E-state index contributed by atoms with van der Waals surface area (Å²) in [4.78, 5) is 39.6. The lowest BCUT2D eigenvalue weighted by atomic mass is 9.90. The van der Waals surface area contributed by atoms with Crippen LogP contribution in [0.5, 0.6) is 11.5 Å². The molecule has 0 amide bonds. The van der Waals surface area contributed by atoms with E-state index in [4.69, 9.17) is 14.0 Å². The highest BCUT2D eigenvalue weighted by Gasteiger charge is 2.57. The zero-order valence-corrected chi connectivity index (χ0v) is 28.9. The highest BCUT2D eigenvalue weighted by molar-refractivity contribution is 9.12. The first-order chi connectivity index (χ1) is 17.7. The number of halogens is 9. The van der Waals surface area contributed by atoms with Gasteiger partial charge in [-0.2, -0.15) is 21.6 Å². The molecule has 2 aromatic carbocycles. The molecule has 0 aliphatic carbocycles. The quantitative estimate of drug-likeness (QED) is 0.127. The van der Waals surface area contributed by atoms with Crippen molar-refractivity contribution in [1.29, 1.82) is 0 Å². The summed E-state index contributed by atoms with van der Waals surface area (Å²) in [6.45, 7) is 0.572. The second-order valence-electron chi connectivity index (χ2n) is 7.49. The number of carbonyl (C=O) groups excluding carboxylic acids is 3. The molecule has 0 spiro atoms. The van der Waals surface area contributed by atoms with E-state index in [9.17, 15) is 36.0 Å². The van der Waals surface area contributed by atoms with Crippen molar-refractivity contribution >= 4 is 124 Å². The fourth-order valence-electron chi connectivity index (χ4n) is 2.53. The van der Waals surface area contributed by atoms with Crippen LogP contribution in [0.15, 0.2) is 51.1 Å². The van der Waals surface area contributed by atoms with Crippen molar-refractivity contribution in [3.63, 3.8) is 0 Å². The molecule has 39 heavy (non-hydrogen) atoms. The summed E-state index contributed by atoms with van der Waals surface area (Å²) in [5.41, 5.74) is -3.25. The molecule has 0 bridgehead atoms. The minimum absolute atomic E-state index is 0.124. The van der Waals surface area contributed by atoms with Crippen molar-refractivity contribution in [3.05, 3.63) is 51.1 Å². The SMILES string of the molecule is CC(C(=O)Oc1c(Br)cc(Br)cc1Br)(C(=O)Oc1c(Br)cc(Br)cc1Br)C(=O)OC(CS(=O)(=O)O)C(F)(F)F. The first-order valence-corrected chi connectivity index (χ1v) is 16.0.